The van der Waals surface area contributed by atoms with E-state index in [2.05, 4.69) is 20.6 Å². The summed E-state index contributed by atoms with van der Waals surface area (Å²) in [6, 6.07) is 7.44. The molecule has 0 saturated carbocycles. The Morgan fingerprint density at radius 3 is 2.52 bits per heavy atom. The molecule has 2 N–H and O–H groups in total. The van der Waals surface area contributed by atoms with Gasteiger partial charge in [0.25, 0.3) is 0 Å². The van der Waals surface area contributed by atoms with E-state index in [0.29, 0.717) is 6.54 Å². The normalized spacial score (nSPS) is 11.0. The van der Waals surface area contributed by atoms with Gasteiger partial charge in [-0.05, 0) is 44.5 Å². The predicted molar refractivity (Wildman–Crippen MR) is 82.6 cm³/mol. The highest BCUT2D eigenvalue weighted by Gasteiger charge is 2.14. The molecule has 0 bridgehead atoms. The van der Waals surface area contributed by atoms with Crippen molar-refractivity contribution < 1.29 is 4.79 Å². The zero-order valence-corrected chi connectivity index (χ0v) is 12.6. The van der Waals surface area contributed by atoms with Crippen LogP contribution in [-0.2, 0) is 6.54 Å². The predicted octanol–water partition coefficient (Wildman–Crippen LogP) is 2.74. The Hall–Kier alpha value is -2.43. The fraction of sp³-hybridized carbons (Fsp3) is 0.312. The van der Waals surface area contributed by atoms with Gasteiger partial charge in [0.15, 0.2) is 0 Å². The van der Waals surface area contributed by atoms with E-state index in [1.807, 2.05) is 45.0 Å². The molecule has 0 radical (unpaired) electrons. The van der Waals surface area contributed by atoms with E-state index in [1.54, 1.807) is 18.6 Å². The lowest BCUT2D eigenvalue weighted by molar-refractivity contribution is 0.231. The standard InChI is InChI=1S/C16H20N4O/c1-16(2,3)20-15(21)19-11-13-5-4-8-18-14(13)12-6-9-17-10-7-12/h4-10H,11H2,1-3H3,(H2,19,20,21). The zero-order chi connectivity index (χ0) is 15.3. The second kappa shape index (κ2) is 6.35. The minimum atomic E-state index is -0.257. The third-order valence-corrected chi connectivity index (χ3v) is 2.77. The first-order valence-corrected chi connectivity index (χ1v) is 6.86. The van der Waals surface area contributed by atoms with E-state index < -0.39 is 0 Å². The van der Waals surface area contributed by atoms with Crippen LogP contribution in [0.15, 0.2) is 42.9 Å². The van der Waals surface area contributed by atoms with E-state index in [4.69, 9.17) is 0 Å². The molecule has 2 rings (SSSR count). The number of hydrogen-bond donors (Lipinski definition) is 2. The van der Waals surface area contributed by atoms with Crippen LogP contribution in [0, 0.1) is 0 Å². The molecule has 2 aromatic rings. The van der Waals surface area contributed by atoms with Gasteiger partial charge < -0.3 is 10.6 Å². The summed E-state index contributed by atoms with van der Waals surface area (Å²) in [4.78, 5) is 20.2. The van der Waals surface area contributed by atoms with Crippen molar-refractivity contribution >= 4 is 6.03 Å². The summed E-state index contributed by atoms with van der Waals surface area (Å²) in [6.45, 7) is 6.25. The summed E-state index contributed by atoms with van der Waals surface area (Å²) < 4.78 is 0. The van der Waals surface area contributed by atoms with Crippen molar-refractivity contribution in [2.75, 3.05) is 0 Å². The van der Waals surface area contributed by atoms with Gasteiger partial charge in [-0.25, -0.2) is 4.79 Å². The highest BCUT2D eigenvalue weighted by molar-refractivity contribution is 5.75. The number of nitrogens with zero attached hydrogens (tertiary/aromatic N) is 2. The third-order valence-electron chi connectivity index (χ3n) is 2.77. The van der Waals surface area contributed by atoms with Gasteiger partial charge in [0.2, 0.25) is 0 Å². The third kappa shape index (κ3) is 4.56. The number of amides is 2. The first-order valence-electron chi connectivity index (χ1n) is 6.86. The largest absolute Gasteiger partial charge is 0.334 e. The maximum Gasteiger partial charge on any atom is 0.315 e. The molecular weight excluding hydrogens is 264 g/mol. The first-order chi connectivity index (χ1) is 9.96. The molecule has 0 aliphatic heterocycles. The molecule has 0 aliphatic carbocycles. The van der Waals surface area contributed by atoms with E-state index >= 15 is 0 Å². The van der Waals surface area contributed by atoms with Gasteiger partial charge >= 0.3 is 6.03 Å². The summed E-state index contributed by atoms with van der Waals surface area (Å²) >= 11 is 0. The van der Waals surface area contributed by atoms with Crippen LogP contribution in [-0.4, -0.2) is 21.5 Å². The second-order valence-corrected chi connectivity index (χ2v) is 5.80. The topological polar surface area (TPSA) is 66.9 Å². The number of urea groups is 1. The van der Waals surface area contributed by atoms with Crippen molar-refractivity contribution in [3.05, 3.63) is 48.4 Å². The van der Waals surface area contributed by atoms with Crippen molar-refractivity contribution in [3.8, 4) is 11.3 Å². The van der Waals surface area contributed by atoms with E-state index in [1.165, 1.54) is 0 Å². The van der Waals surface area contributed by atoms with Gasteiger partial charge in [-0.2, -0.15) is 0 Å². The van der Waals surface area contributed by atoms with Crippen LogP contribution in [0.1, 0.15) is 26.3 Å². The Kier molecular flexibility index (Phi) is 4.52. The molecule has 0 aliphatic rings. The number of hydrogen-bond acceptors (Lipinski definition) is 3. The van der Waals surface area contributed by atoms with Crippen LogP contribution >= 0.6 is 0 Å². The van der Waals surface area contributed by atoms with Crippen molar-refractivity contribution in [2.45, 2.75) is 32.9 Å². The number of pyridine rings is 2. The molecule has 5 nitrogen and oxygen atoms in total. The first kappa shape index (κ1) is 15.0. The molecular formula is C16H20N4O. The molecule has 0 unspecified atom stereocenters. The number of carbonyl (C=O) groups is 1. The minimum absolute atomic E-state index is 0.188. The summed E-state index contributed by atoms with van der Waals surface area (Å²) in [5.74, 6) is 0. The minimum Gasteiger partial charge on any atom is -0.334 e. The van der Waals surface area contributed by atoms with Gasteiger partial charge in [-0.15, -0.1) is 0 Å². The number of rotatable bonds is 3. The van der Waals surface area contributed by atoms with Gasteiger partial charge in [-0.3, -0.25) is 9.97 Å². The lowest BCUT2D eigenvalue weighted by atomic mass is 10.1. The Balaban J connectivity index is 2.10. The second-order valence-electron chi connectivity index (χ2n) is 5.80. The fourth-order valence-corrected chi connectivity index (χ4v) is 1.91. The van der Waals surface area contributed by atoms with E-state index in [-0.39, 0.29) is 11.6 Å². The maximum absolute atomic E-state index is 11.8. The molecule has 0 atom stereocenters. The quantitative estimate of drug-likeness (QED) is 0.910. The van der Waals surface area contributed by atoms with Gasteiger partial charge in [-0.1, -0.05) is 6.07 Å². The molecule has 2 amide bonds. The van der Waals surface area contributed by atoms with Crippen LogP contribution in [0.5, 0.6) is 0 Å². The summed E-state index contributed by atoms with van der Waals surface area (Å²) in [5.41, 5.74) is 2.55. The fourth-order valence-electron chi connectivity index (χ4n) is 1.91. The van der Waals surface area contributed by atoms with Crippen LogP contribution in [0.25, 0.3) is 11.3 Å². The molecule has 0 saturated heterocycles. The Morgan fingerprint density at radius 1 is 1.14 bits per heavy atom. The van der Waals surface area contributed by atoms with Crippen molar-refractivity contribution in [1.29, 1.82) is 0 Å². The van der Waals surface area contributed by atoms with Crippen LogP contribution in [0.2, 0.25) is 0 Å². The number of nitrogens with one attached hydrogen (secondary N) is 2. The van der Waals surface area contributed by atoms with Gasteiger partial charge in [0.05, 0.1) is 5.69 Å². The molecule has 0 fully saturated rings. The molecule has 2 heterocycles. The molecule has 2 aromatic heterocycles. The Morgan fingerprint density at radius 2 is 1.86 bits per heavy atom. The van der Waals surface area contributed by atoms with Crippen LogP contribution in [0.3, 0.4) is 0 Å². The summed E-state index contributed by atoms with van der Waals surface area (Å²) in [7, 11) is 0. The number of carbonyl (C=O) groups excluding carboxylic acids is 1. The average molecular weight is 284 g/mol. The van der Waals surface area contributed by atoms with E-state index in [9.17, 15) is 4.79 Å². The van der Waals surface area contributed by atoms with E-state index in [0.717, 1.165) is 16.8 Å². The monoisotopic (exact) mass is 284 g/mol. The Labute approximate surface area is 124 Å². The average Bonchev–Trinajstić information content (AvgIpc) is 2.45. The summed E-state index contributed by atoms with van der Waals surface area (Å²) in [5, 5.41) is 5.73. The Bertz CT molecular complexity index is 605. The smallest absolute Gasteiger partial charge is 0.315 e. The van der Waals surface area contributed by atoms with Crippen LogP contribution in [0.4, 0.5) is 4.79 Å². The molecule has 110 valence electrons. The molecule has 21 heavy (non-hydrogen) atoms. The highest BCUT2D eigenvalue weighted by Crippen LogP contribution is 2.19. The maximum atomic E-state index is 11.8. The lowest BCUT2D eigenvalue weighted by Gasteiger charge is -2.21. The zero-order valence-electron chi connectivity index (χ0n) is 12.6. The van der Waals surface area contributed by atoms with Crippen LogP contribution < -0.4 is 10.6 Å². The highest BCUT2D eigenvalue weighted by atomic mass is 16.2. The lowest BCUT2D eigenvalue weighted by Crippen LogP contribution is -2.46. The van der Waals surface area contributed by atoms with Gasteiger partial charge in [0.1, 0.15) is 0 Å². The number of aromatic nitrogens is 2. The van der Waals surface area contributed by atoms with Crippen molar-refractivity contribution in [1.82, 2.24) is 20.6 Å². The molecule has 0 spiro atoms. The molecule has 5 heteroatoms. The molecule has 0 aromatic carbocycles. The van der Waals surface area contributed by atoms with Crippen molar-refractivity contribution in [2.24, 2.45) is 0 Å². The van der Waals surface area contributed by atoms with Crippen molar-refractivity contribution in [3.63, 3.8) is 0 Å². The van der Waals surface area contributed by atoms with Gasteiger partial charge in [0, 0.05) is 36.2 Å². The summed E-state index contributed by atoms with van der Waals surface area (Å²) in [6.07, 6.45) is 5.20. The SMILES string of the molecule is CC(C)(C)NC(=O)NCc1cccnc1-c1ccncc1.